The third-order valence-electron chi connectivity index (χ3n) is 4.58. The zero-order valence-electron chi connectivity index (χ0n) is 14.2. The highest BCUT2D eigenvalue weighted by molar-refractivity contribution is 7.15. The van der Waals surface area contributed by atoms with E-state index >= 15 is 0 Å². The fourth-order valence-corrected chi connectivity index (χ4v) is 3.94. The molecule has 0 aliphatic carbocycles. The summed E-state index contributed by atoms with van der Waals surface area (Å²) in [6, 6.07) is 8.31. The third kappa shape index (κ3) is 3.45. The van der Waals surface area contributed by atoms with Gasteiger partial charge in [-0.15, -0.1) is 11.3 Å². The van der Waals surface area contributed by atoms with Gasteiger partial charge in [-0.1, -0.05) is 37.3 Å². The number of imide groups is 1. The summed E-state index contributed by atoms with van der Waals surface area (Å²) >= 11 is 1.22. The van der Waals surface area contributed by atoms with Crippen molar-refractivity contribution < 1.29 is 19.5 Å². The van der Waals surface area contributed by atoms with Crippen molar-refractivity contribution in [3.8, 4) is 0 Å². The summed E-state index contributed by atoms with van der Waals surface area (Å²) in [7, 11) is 0. The number of rotatable bonds is 6. The van der Waals surface area contributed by atoms with Crippen molar-refractivity contribution in [3.05, 3.63) is 47.0 Å². The first-order valence-electron chi connectivity index (χ1n) is 8.22. The molecular weight excluding hydrogens is 354 g/mol. The Morgan fingerprint density at radius 1 is 1.35 bits per heavy atom. The van der Waals surface area contributed by atoms with Crippen molar-refractivity contribution in [3.63, 3.8) is 0 Å². The molecule has 2 aromatic rings. The second-order valence-electron chi connectivity index (χ2n) is 6.38. The minimum absolute atomic E-state index is 0.0831. The molecule has 3 N–H and O–H groups in total. The minimum atomic E-state index is -1.17. The summed E-state index contributed by atoms with van der Waals surface area (Å²) in [6.07, 6.45) is 1.84. The molecule has 1 aromatic carbocycles. The average molecular weight is 373 g/mol. The van der Waals surface area contributed by atoms with E-state index in [4.69, 9.17) is 5.73 Å². The number of nitrogens with zero attached hydrogens (tertiary/aromatic N) is 2. The number of benzene rings is 1. The second-order valence-corrected chi connectivity index (χ2v) is 7.52. The smallest absolute Gasteiger partial charge is 0.327 e. The largest absolute Gasteiger partial charge is 0.480 e. The standard InChI is InChI=1S/C18H19N3O4S/c1-10(11-5-3-2-4-6-11)7-14(22)21-15(17(24)25)13(16(21)23)8-12-9-20-18(19)26-12/h2-6,9-10,13,15H,7-8H2,1H3,(H2,19,20)(H,24,25)/t10-,13?,15-/m0/s1. The number of anilines is 1. The van der Waals surface area contributed by atoms with Crippen molar-refractivity contribution in [2.45, 2.75) is 31.7 Å². The molecule has 7 nitrogen and oxygen atoms in total. The Balaban J connectivity index is 1.70. The summed E-state index contributed by atoms with van der Waals surface area (Å²) in [4.78, 5) is 42.1. The molecule has 2 amide bonds. The molecule has 136 valence electrons. The van der Waals surface area contributed by atoms with Gasteiger partial charge in [0, 0.05) is 17.5 Å². The molecule has 1 saturated heterocycles. The summed E-state index contributed by atoms with van der Waals surface area (Å²) in [5.41, 5.74) is 6.54. The van der Waals surface area contributed by atoms with E-state index in [-0.39, 0.29) is 18.8 Å². The van der Waals surface area contributed by atoms with Crippen LogP contribution in [0.15, 0.2) is 36.5 Å². The van der Waals surface area contributed by atoms with E-state index < -0.39 is 29.7 Å². The molecule has 1 fully saturated rings. The van der Waals surface area contributed by atoms with Crippen molar-refractivity contribution in [1.82, 2.24) is 9.88 Å². The first-order chi connectivity index (χ1) is 12.4. The number of likely N-dealkylation sites (tertiary alicyclic amines) is 1. The maximum absolute atomic E-state index is 12.5. The Kier molecular flexibility index (Phi) is 5.03. The van der Waals surface area contributed by atoms with E-state index in [0.29, 0.717) is 5.13 Å². The van der Waals surface area contributed by atoms with Gasteiger partial charge in [0.1, 0.15) is 6.04 Å². The monoisotopic (exact) mass is 373 g/mol. The molecule has 0 bridgehead atoms. The fraction of sp³-hybridized carbons (Fsp3) is 0.333. The van der Waals surface area contributed by atoms with Gasteiger partial charge in [0.05, 0.1) is 5.92 Å². The third-order valence-corrected chi connectivity index (χ3v) is 5.43. The van der Waals surface area contributed by atoms with Crippen molar-refractivity contribution >= 4 is 34.3 Å². The van der Waals surface area contributed by atoms with Crippen LogP contribution < -0.4 is 5.73 Å². The zero-order valence-corrected chi connectivity index (χ0v) is 15.0. The first kappa shape index (κ1) is 18.1. The molecule has 1 aromatic heterocycles. The van der Waals surface area contributed by atoms with Crippen LogP contribution in [0.5, 0.6) is 0 Å². The maximum atomic E-state index is 12.5. The number of carbonyl (C=O) groups is 3. The Hall–Kier alpha value is -2.74. The SMILES string of the molecule is C[C@@H](CC(=O)N1C(=O)C(Cc2cnc(N)s2)[C@H]1C(=O)O)c1ccccc1. The number of aromatic nitrogens is 1. The van der Waals surface area contributed by atoms with Crippen LogP contribution in [0, 0.1) is 5.92 Å². The van der Waals surface area contributed by atoms with Gasteiger partial charge in [0.15, 0.2) is 5.13 Å². The topological polar surface area (TPSA) is 114 Å². The number of amides is 2. The number of thiazole rings is 1. The predicted octanol–water partition coefficient (Wildman–Crippen LogP) is 1.90. The molecule has 0 saturated carbocycles. The van der Waals surface area contributed by atoms with E-state index in [1.807, 2.05) is 37.3 Å². The molecule has 1 unspecified atom stereocenters. The van der Waals surface area contributed by atoms with Gasteiger partial charge >= 0.3 is 5.97 Å². The fourth-order valence-electron chi connectivity index (χ4n) is 3.20. The Morgan fingerprint density at radius 2 is 2.04 bits per heavy atom. The molecule has 1 aliphatic heterocycles. The number of β-lactam (4-membered cyclic amide) rings is 1. The van der Waals surface area contributed by atoms with Gasteiger partial charge < -0.3 is 10.8 Å². The summed E-state index contributed by atoms with van der Waals surface area (Å²) in [6.45, 7) is 1.88. The molecule has 0 radical (unpaired) electrons. The van der Waals surface area contributed by atoms with Gasteiger partial charge in [-0.3, -0.25) is 14.5 Å². The number of nitrogen functional groups attached to an aromatic ring is 1. The van der Waals surface area contributed by atoms with E-state index in [0.717, 1.165) is 15.3 Å². The summed E-state index contributed by atoms with van der Waals surface area (Å²) in [5.74, 6) is -2.95. The molecule has 2 heterocycles. The van der Waals surface area contributed by atoms with Gasteiger partial charge in [-0.05, 0) is 17.9 Å². The van der Waals surface area contributed by atoms with E-state index in [1.54, 1.807) is 0 Å². The molecule has 26 heavy (non-hydrogen) atoms. The van der Waals surface area contributed by atoms with E-state index in [1.165, 1.54) is 17.5 Å². The van der Waals surface area contributed by atoms with Crippen LogP contribution in [0.3, 0.4) is 0 Å². The van der Waals surface area contributed by atoms with Crippen LogP contribution in [0.2, 0.25) is 0 Å². The highest BCUT2D eigenvalue weighted by atomic mass is 32.1. The van der Waals surface area contributed by atoms with Gasteiger partial charge in [0.25, 0.3) is 0 Å². The number of aliphatic carboxylic acids is 1. The van der Waals surface area contributed by atoms with E-state index in [2.05, 4.69) is 4.98 Å². The minimum Gasteiger partial charge on any atom is -0.480 e. The van der Waals surface area contributed by atoms with Gasteiger partial charge in [0.2, 0.25) is 11.8 Å². The molecule has 1 aliphatic rings. The van der Waals surface area contributed by atoms with Crippen molar-refractivity contribution in [2.75, 3.05) is 5.73 Å². The highest BCUT2D eigenvalue weighted by Crippen LogP contribution is 2.34. The number of carboxylic acids is 1. The number of carbonyl (C=O) groups excluding carboxylic acids is 2. The Bertz CT molecular complexity index is 836. The first-order valence-corrected chi connectivity index (χ1v) is 9.04. The van der Waals surface area contributed by atoms with Crippen LogP contribution >= 0.6 is 11.3 Å². The van der Waals surface area contributed by atoms with Crippen LogP contribution in [0.25, 0.3) is 0 Å². The van der Waals surface area contributed by atoms with E-state index in [9.17, 15) is 19.5 Å². The lowest BCUT2D eigenvalue weighted by atomic mass is 9.83. The Labute approximate surface area is 154 Å². The highest BCUT2D eigenvalue weighted by Gasteiger charge is 2.54. The Morgan fingerprint density at radius 3 is 2.62 bits per heavy atom. The zero-order chi connectivity index (χ0) is 18.8. The van der Waals surface area contributed by atoms with Crippen LogP contribution in [-0.2, 0) is 20.8 Å². The summed E-state index contributed by atoms with van der Waals surface area (Å²) in [5, 5.41) is 9.86. The number of hydrogen-bond acceptors (Lipinski definition) is 6. The lowest BCUT2D eigenvalue weighted by Gasteiger charge is -2.43. The molecule has 3 rings (SSSR count). The van der Waals surface area contributed by atoms with Crippen LogP contribution in [0.4, 0.5) is 5.13 Å². The van der Waals surface area contributed by atoms with Crippen molar-refractivity contribution in [1.29, 1.82) is 0 Å². The van der Waals surface area contributed by atoms with Crippen molar-refractivity contribution in [2.24, 2.45) is 5.92 Å². The van der Waals surface area contributed by atoms with Gasteiger partial charge in [-0.2, -0.15) is 0 Å². The number of nitrogens with two attached hydrogens (primary N) is 1. The van der Waals surface area contributed by atoms with Crippen LogP contribution in [0.1, 0.15) is 29.7 Å². The maximum Gasteiger partial charge on any atom is 0.327 e. The second kappa shape index (κ2) is 7.25. The average Bonchev–Trinajstić information content (AvgIpc) is 3.02. The quantitative estimate of drug-likeness (QED) is 0.748. The molecule has 3 atom stereocenters. The van der Waals surface area contributed by atoms with Gasteiger partial charge in [-0.25, -0.2) is 9.78 Å². The molecule has 8 heteroatoms. The predicted molar refractivity (Wildman–Crippen MR) is 96.5 cm³/mol. The molecule has 0 spiro atoms. The number of carboxylic acid groups (broad SMARTS) is 1. The van der Waals surface area contributed by atoms with Crippen LogP contribution in [-0.4, -0.2) is 38.8 Å². The lowest BCUT2D eigenvalue weighted by molar-refractivity contribution is -0.177. The summed E-state index contributed by atoms with van der Waals surface area (Å²) < 4.78 is 0. The normalized spacial score (nSPS) is 20.5. The molecular formula is C18H19N3O4S. The lowest BCUT2D eigenvalue weighted by Crippen LogP contribution is -2.66. The number of hydrogen-bond donors (Lipinski definition) is 2.